The first kappa shape index (κ1) is 8.35. The standard InChI is InChI=1S/C10H14N2O/c1-7-2-3-9(7)12-10(13)8-4-5-11-6-8/h4-7,9,11H,2-3H2,1H3,(H,12,13). The molecule has 2 rings (SSSR count). The van der Waals surface area contributed by atoms with E-state index in [1.54, 1.807) is 18.5 Å². The van der Waals surface area contributed by atoms with Crippen molar-refractivity contribution in [3.63, 3.8) is 0 Å². The molecule has 1 aliphatic carbocycles. The van der Waals surface area contributed by atoms with Gasteiger partial charge in [0.1, 0.15) is 0 Å². The molecule has 3 heteroatoms. The monoisotopic (exact) mass is 178 g/mol. The minimum Gasteiger partial charge on any atom is -0.367 e. The molecule has 3 nitrogen and oxygen atoms in total. The second-order valence-corrected chi connectivity index (χ2v) is 3.73. The Hall–Kier alpha value is -1.25. The summed E-state index contributed by atoms with van der Waals surface area (Å²) < 4.78 is 0. The van der Waals surface area contributed by atoms with E-state index in [1.165, 1.54) is 6.42 Å². The lowest BCUT2D eigenvalue weighted by atomic mass is 9.81. The highest BCUT2D eigenvalue weighted by atomic mass is 16.1. The van der Waals surface area contributed by atoms with Gasteiger partial charge in [0.15, 0.2) is 0 Å². The molecular weight excluding hydrogens is 164 g/mol. The predicted octanol–water partition coefficient (Wildman–Crippen LogP) is 1.54. The van der Waals surface area contributed by atoms with E-state index in [-0.39, 0.29) is 5.91 Å². The van der Waals surface area contributed by atoms with Gasteiger partial charge in [-0.25, -0.2) is 0 Å². The molecule has 2 atom stereocenters. The van der Waals surface area contributed by atoms with Crippen LogP contribution in [0.25, 0.3) is 0 Å². The van der Waals surface area contributed by atoms with Gasteiger partial charge in [0.2, 0.25) is 0 Å². The smallest absolute Gasteiger partial charge is 0.253 e. The van der Waals surface area contributed by atoms with Crippen LogP contribution in [-0.2, 0) is 0 Å². The van der Waals surface area contributed by atoms with Gasteiger partial charge in [0.25, 0.3) is 5.91 Å². The summed E-state index contributed by atoms with van der Waals surface area (Å²) in [4.78, 5) is 14.4. The summed E-state index contributed by atoms with van der Waals surface area (Å²) in [6, 6.07) is 2.18. The molecule has 1 fully saturated rings. The molecule has 0 spiro atoms. The number of H-pyrrole nitrogens is 1. The molecule has 1 heterocycles. The highest BCUT2D eigenvalue weighted by Gasteiger charge is 2.28. The van der Waals surface area contributed by atoms with Crippen LogP contribution in [0.1, 0.15) is 30.1 Å². The number of hydrogen-bond donors (Lipinski definition) is 2. The summed E-state index contributed by atoms with van der Waals surface area (Å²) in [6.07, 6.45) is 5.84. The van der Waals surface area contributed by atoms with E-state index in [9.17, 15) is 4.79 Å². The van der Waals surface area contributed by atoms with Crippen LogP contribution in [-0.4, -0.2) is 16.9 Å². The molecule has 0 aliphatic heterocycles. The highest BCUT2D eigenvalue weighted by Crippen LogP contribution is 2.26. The number of aromatic amines is 1. The van der Waals surface area contributed by atoms with Crippen LogP contribution in [0.3, 0.4) is 0 Å². The summed E-state index contributed by atoms with van der Waals surface area (Å²) in [7, 11) is 0. The van der Waals surface area contributed by atoms with Crippen molar-refractivity contribution in [2.24, 2.45) is 5.92 Å². The van der Waals surface area contributed by atoms with E-state index in [2.05, 4.69) is 17.2 Å². The van der Waals surface area contributed by atoms with E-state index in [1.807, 2.05) is 0 Å². The molecule has 1 aliphatic rings. The van der Waals surface area contributed by atoms with Crippen LogP contribution >= 0.6 is 0 Å². The predicted molar refractivity (Wildman–Crippen MR) is 50.4 cm³/mol. The lowest BCUT2D eigenvalue weighted by molar-refractivity contribution is 0.0884. The van der Waals surface area contributed by atoms with E-state index in [4.69, 9.17) is 0 Å². The van der Waals surface area contributed by atoms with Crippen molar-refractivity contribution in [3.05, 3.63) is 24.0 Å². The van der Waals surface area contributed by atoms with Crippen LogP contribution in [0.15, 0.2) is 18.5 Å². The maximum absolute atomic E-state index is 11.5. The Kier molecular flexibility index (Phi) is 2.08. The first-order valence-corrected chi connectivity index (χ1v) is 4.71. The third-order valence-electron chi connectivity index (χ3n) is 2.80. The van der Waals surface area contributed by atoms with Crippen LogP contribution in [0.2, 0.25) is 0 Å². The largest absolute Gasteiger partial charge is 0.367 e. The maximum atomic E-state index is 11.5. The quantitative estimate of drug-likeness (QED) is 0.709. The Bertz CT molecular complexity index is 292. The fourth-order valence-electron chi connectivity index (χ4n) is 1.60. The van der Waals surface area contributed by atoms with Gasteiger partial charge in [0.05, 0.1) is 5.56 Å². The van der Waals surface area contributed by atoms with Crippen LogP contribution in [0.5, 0.6) is 0 Å². The summed E-state index contributed by atoms with van der Waals surface area (Å²) in [6.45, 7) is 2.17. The number of rotatable bonds is 2. The summed E-state index contributed by atoms with van der Waals surface area (Å²) >= 11 is 0. The van der Waals surface area contributed by atoms with Crippen molar-refractivity contribution < 1.29 is 4.79 Å². The molecular formula is C10H14N2O. The number of hydrogen-bond acceptors (Lipinski definition) is 1. The van der Waals surface area contributed by atoms with Crippen LogP contribution in [0.4, 0.5) is 0 Å². The fraction of sp³-hybridized carbons (Fsp3) is 0.500. The minimum absolute atomic E-state index is 0.0396. The Morgan fingerprint density at radius 2 is 2.46 bits per heavy atom. The molecule has 0 aromatic carbocycles. The van der Waals surface area contributed by atoms with Gasteiger partial charge in [-0.1, -0.05) is 6.92 Å². The van der Waals surface area contributed by atoms with E-state index in [0.717, 1.165) is 12.0 Å². The van der Waals surface area contributed by atoms with Crippen molar-refractivity contribution >= 4 is 5.91 Å². The zero-order chi connectivity index (χ0) is 9.26. The molecule has 1 saturated carbocycles. The third kappa shape index (κ3) is 1.59. The lowest BCUT2D eigenvalue weighted by Gasteiger charge is -2.34. The van der Waals surface area contributed by atoms with Crippen molar-refractivity contribution in [1.82, 2.24) is 10.3 Å². The van der Waals surface area contributed by atoms with E-state index in [0.29, 0.717) is 12.0 Å². The Morgan fingerprint density at radius 1 is 1.62 bits per heavy atom. The second kappa shape index (κ2) is 3.24. The Balaban J connectivity index is 1.92. The van der Waals surface area contributed by atoms with Crippen molar-refractivity contribution in [2.75, 3.05) is 0 Å². The van der Waals surface area contributed by atoms with Gasteiger partial charge in [-0.2, -0.15) is 0 Å². The summed E-state index contributed by atoms with van der Waals surface area (Å²) in [5, 5.41) is 3.01. The topological polar surface area (TPSA) is 44.9 Å². The van der Waals surface area contributed by atoms with Gasteiger partial charge in [-0.05, 0) is 24.8 Å². The van der Waals surface area contributed by atoms with Crippen molar-refractivity contribution in [1.29, 1.82) is 0 Å². The number of amides is 1. The molecule has 0 saturated heterocycles. The minimum atomic E-state index is 0.0396. The van der Waals surface area contributed by atoms with Crippen LogP contribution in [0, 0.1) is 5.92 Å². The second-order valence-electron chi connectivity index (χ2n) is 3.73. The van der Waals surface area contributed by atoms with Gasteiger partial charge >= 0.3 is 0 Å². The van der Waals surface area contributed by atoms with Crippen molar-refractivity contribution in [2.45, 2.75) is 25.8 Å². The number of aromatic nitrogens is 1. The Morgan fingerprint density at radius 3 is 2.92 bits per heavy atom. The lowest BCUT2D eigenvalue weighted by Crippen LogP contribution is -2.45. The first-order valence-electron chi connectivity index (χ1n) is 4.71. The molecule has 1 aromatic heterocycles. The SMILES string of the molecule is CC1CCC1NC(=O)c1cc[nH]c1. The zero-order valence-corrected chi connectivity index (χ0v) is 7.71. The van der Waals surface area contributed by atoms with E-state index < -0.39 is 0 Å². The number of carbonyl (C=O) groups is 1. The third-order valence-corrected chi connectivity index (χ3v) is 2.80. The van der Waals surface area contributed by atoms with Gasteiger partial charge in [-0.15, -0.1) is 0 Å². The fourth-order valence-corrected chi connectivity index (χ4v) is 1.60. The maximum Gasteiger partial charge on any atom is 0.253 e. The van der Waals surface area contributed by atoms with Gasteiger partial charge in [-0.3, -0.25) is 4.79 Å². The number of nitrogens with one attached hydrogen (secondary N) is 2. The molecule has 2 unspecified atom stereocenters. The highest BCUT2D eigenvalue weighted by molar-refractivity contribution is 5.94. The molecule has 2 N–H and O–H groups in total. The molecule has 0 radical (unpaired) electrons. The number of carbonyl (C=O) groups excluding carboxylic acids is 1. The molecule has 70 valence electrons. The zero-order valence-electron chi connectivity index (χ0n) is 7.71. The van der Waals surface area contributed by atoms with Crippen LogP contribution < -0.4 is 5.32 Å². The first-order chi connectivity index (χ1) is 6.27. The molecule has 13 heavy (non-hydrogen) atoms. The average Bonchev–Trinajstić information content (AvgIpc) is 2.64. The normalized spacial score (nSPS) is 26.5. The summed E-state index contributed by atoms with van der Waals surface area (Å²) in [5.74, 6) is 0.681. The molecule has 0 bridgehead atoms. The van der Waals surface area contributed by atoms with Crippen molar-refractivity contribution in [3.8, 4) is 0 Å². The summed E-state index contributed by atoms with van der Waals surface area (Å²) in [5.41, 5.74) is 0.721. The van der Waals surface area contributed by atoms with E-state index >= 15 is 0 Å². The average molecular weight is 178 g/mol. The Labute approximate surface area is 77.5 Å². The van der Waals surface area contributed by atoms with Gasteiger partial charge < -0.3 is 10.3 Å². The molecule has 1 amide bonds. The molecule has 1 aromatic rings. The van der Waals surface area contributed by atoms with Gasteiger partial charge in [0, 0.05) is 18.4 Å².